The van der Waals surface area contributed by atoms with E-state index in [2.05, 4.69) is 4.74 Å². The van der Waals surface area contributed by atoms with E-state index in [0.717, 1.165) is 0 Å². The van der Waals surface area contributed by atoms with Gasteiger partial charge in [0, 0.05) is 0 Å². The van der Waals surface area contributed by atoms with Crippen molar-refractivity contribution in [3.63, 3.8) is 0 Å². The first kappa shape index (κ1) is 14.3. The van der Waals surface area contributed by atoms with Gasteiger partial charge in [-0.25, -0.2) is 8.78 Å². The maximum absolute atomic E-state index is 11.7. The van der Waals surface area contributed by atoms with Crippen molar-refractivity contribution in [3.8, 4) is 0 Å². The van der Waals surface area contributed by atoms with Crippen LogP contribution >= 0.6 is 0 Å². The second kappa shape index (κ2) is 6.00. The number of hydrogen-bond acceptors (Lipinski definition) is 3. The van der Waals surface area contributed by atoms with Gasteiger partial charge in [-0.3, -0.25) is 4.79 Å². The van der Waals surface area contributed by atoms with E-state index in [1.807, 2.05) is 0 Å². The molecule has 5 heteroatoms. The van der Waals surface area contributed by atoms with Gasteiger partial charge in [0.2, 0.25) is 0 Å². The van der Waals surface area contributed by atoms with Gasteiger partial charge >= 0.3 is 5.97 Å². The quantitative estimate of drug-likeness (QED) is 0.672. The fourth-order valence-corrected chi connectivity index (χ4v) is 0.804. The Kier molecular flexibility index (Phi) is 5.72. The maximum Gasteiger partial charge on any atom is 0.311 e. The lowest BCUT2D eigenvalue weighted by Gasteiger charge is -2.22. The van der Waals surface area contributed by atoms with Crippen molar-refractivity contribution < 1.29 is 23.0 Å². The van der Waals surface area contributed by atoms with E-state index in [4.69, 9.17) is 4.74 Å². The van der Waals surface area contributed by atoms with Gasteiger partial charge in [0.1, 0.15) is 12.2 Å². The van der Waals surface area contributed by atoms with Gasteiger partial charge in [-0.2, -0.15) is 0 Å². The molecule has 0 N–H and O–H groups in total. The summed E-state index contributed by atoms with van der Waals surface area (Å²) >= 11 is 0. The Hall–Kier alpha value is -0.710. The number of ether oxygens (including phenoxy) is 2. The molecule has 0 aromatic heterocycles. The molecule has 0 saturated heterocycles. The van der Waals surface area contributed by atoms with E-state index in [0.29, 0.717) is 0 Å². The zero-order valence-corrected chi connectivity index (χ0v) is 9.55. The molecule has 0 rings (SSSR count). The summed E-state index contributed by atoms with van der Waals surface area (Å²) in [6.07, 6.45) is -2.50. The Labute approximate surface area is 88.7 Å². The summed E-state index contributed by atoms with van der Waals surface area (Å²) in [6.45, 7) is 6.14. The van der Waals surface area contributed by atoms with Crippen LogP contribution in [0.25, 0.3) is 0 Å². The van der Waals surface area contributed by atoms with Crippen LogP contribution in [0.15, 0.2) is 0 Å². The molecular formula is C10H18F2O3. The molecule has 0 bridgehead atoms. The van der Waals surface area contributed by atoms with Gasteiger partial charge in [-0.15, -0.1) is 0 Å². The predicted octanol–water partition coefficient (Wildman–Crippen LogP) is 2.25. The van der Waals surface area contributed by atoms with Crippen molar-refractivity contribution in [2.75, 3.05) is 13.2 Å². The summed E-state index contributed by atoms with van der Waals surface area (Å²) in [4.78, 5) is 11.3. The molecule has 3 nitrogen and oxygen atoms in total. The third-order valence-corrected chi connectivity index (χ3v) is 1.42. The van der Waals surface area contributed by atoms with Gasteiger partial charge in [-0.1, -0.05) is 0 Å². The Morgan fingerprint density at radius 3 is 2.20 bits per heavy atom. The molecule has 0 heterocycles. The van der Waals surface area contributed by atoms with Gasteiger partial charge in [-0.05, 0) is 27.7 Å². The van der Waals surface area contributed by atoms with Crippen molar-refractivity contribution in [2.45, 2.75) is 39.7 Å². The highest BCUT2D eigenvalue weighted by molar-refractivity contribution is 5.72. The third kappa shape index (κ3) is 8.30. The average molecular weight is 224 g/mol. The smallest absolute Gasteiger partial charge is 0.311 e. The minimum absolute atomic E-state index is 0.0424. The molecule has 0 spiro atoms. The molecule has 0 amide bonds. The molecule has 1 unspecified atom stereocenters. The average Bonchev–Trinajstić information content (AvgIpc) is 1.99. The number of hydrogen-bond donors (Lipinski definition) is 0. The monoisotopic (exact) mass is 224 g/mol. The fourth-order valence-electron chi connectivity index (χ4n) is 0.804. The number of carbonyl (C=O) groups is 1. The Balaban J connectivity index is 3.80. The zero-order valence-electron chi connectivity index (χ0n) is 9.55. The number of rotatable bonds is 5. The highest BCUT2D eigenvalue weighted by Gasteiger charge is 2.21. The second-order valence-electron chi connectivity index (χ2n) is 4.36. The molecule has 1 atom stereocenters. The first-order valence-corrected chi connectivity index (χ1v) is 4.81. The molecule has 15 heavy (non-hydrogen) atoms. The number of esters is 1. The lowest BCUT2D eigenvalue weighted by Crippen LogP contribution is -2.29. The molecule has 0 aromatic rings. The molecule has 90 valence electrons. The minimum atomic E-state index is -2.50. The molecule has 0 radical (unpaired) electrons. The van der Waals surface area contributed by atoms with Crippen LogP contribution in [0.5, 0.6) is 0 Å². The Morgan fingerprint density at radius 2 is 1.80 bits per heavy atom. The fraction of sp³-hybridized carbons (Fsp3) is 0.900. The SMILES string of the molecule is CC(COCC(F)F)C(=O)OC(C)(C)C. The van der Waals surface area contributed by atoms with Crippen LogP contribution in [0, 0.1) is 5.92 Å². The van der Waals surface area contributed by atoms with Crippen LogP contribution in [0.1, 0.15) is 27.7 Å². The number of halogens is 2. The van der Waals surface area contributed by atoms with E-state index < -0.39 is 30.5 Å². The lowest BCUT2D eigenvalue weighted by atomic mass is 10.1. The van der Waals surface area contributed by atoms with Crippen molar-refractivity contribution in [2.24, 2.45) is 5.92 Å². The lowest BCUT2D eigenvalue weighted by molar-refractivity contribution is -0.161. The van der Waals surface area contributed by atoms with Crippen molar-refractivity contribution in [1.29, 1.82) is 0 Å². The Bertz CT molecular complexity index is 199. The van der Waals surface area contributed by atoms with E-state index in [9.17, 15) is 13.6 Å². The van der Waals surface area contributed by atoms with Gasteiger partial charge < -0.3 is 9.47 Å². The summed E-state index contributed by atoms with van der Waals surface area (Å²) in [5.41, 5.74) is -0.561. The summed E-state index contributed by atoms with van der Waals surface area (Å²) in [7, 11) is 0. The zero-order chi connectivity index (χ0) is 12.1. The van der Waals surface area contributed by atoms with Crippen LogP contribution in [-0.4, -0.2) is 31.2 Å². The molecule has 0 aliphatic rings. The summed E-state index contributed by atoms with van der Waals surface area (Å²) in [5.74, 6) is -0.959. The standard InChI is InChI=1S/C10H18F2O3/c1-7(5-14-6-8(11)12)9(13)15-10(2,3)4/h7-8H,5-6H2,1-4H3. The highest BCUT2D eigenvalue weighted by atomic mass is 19.3. The number of carbonyl (C=O) groups excluding carboxylic acids is 1. The molecule has 0 aromatic carbocycles. The normalized spacial score (nSPS) is 14.1. The minimum Gasteiger partial charge on any atom is -0.460 e. The van der Waals surface area contributed by atoms with Crippen LogP contribution in [0.4, 0.5) is 8.78 Å². The molecule has 0 fully saturated rings. The summed E-state index contributed by atoms with van der Waals surface area (Å²) in [6, 6.07) is 0. The molecule has 0 aliphatic heterocycles. The first-order valence-electron chi connectivity index (χ1n) is 4.81. The second-order valence-corrected chi connectivity index (χ2v) is 4.36. The van der Waals surface area contributed by atoms with Gasteiger partial charge in [0.15, 0.2) is 0 Å². The molecule has 0 saturated carbocycles. The maximum atomic E-state index is 11.7. The van der Waals surface area contributed by atoms with Gasteiger partial charge in [0.25, 0.3) is 6.43 Å². The molecule has 0 aliphatic carbocycles. The van der Waals surface area contributed by atoms with Crippen molar-refractivity contribution >= 4 is 5.97 Å². The highest BCUT2D eigenvalue weighted by Crippen LogP contribution is 2.11. The van der Waals surface area contributed by atoms with Crippen LogP contribution in [0.2, 0.25) is 0 Å². The predicted molar refractivity (Wildman–Crippen MR) is 51.8 cm³/mol. The van der Waals surface area contributed by atoms with Crippen molar-refractivity contribution in [3.05, 3.63) is 0 Å². The third-order valence-electron chi connectivity index (χ3n) is 1.42. The van der Waals surface area contributed by atoms with E-state index in [1.54, 1.807) is 27.7 Å². The van der Waals surface area contributed by atoms with E-state index >= 15 is 0 Å². The van der Waals surface area contributed by atoms with E-state index in [-0.39, 0.29) is 6.61 Å². The number of alkyl halides is 2. The Morgan fingerprint density at radius 1 is 1.27 bits per heavy atom. The summed E-state index contributed by atoms with van der Waals surface area (Å²) in [5, 5.41) is 0. The van der Waals surface area contributed by atoms with Gasteiger partial charge in [0.05, 0.1) is 12.5 Å². The van der Waals surface area contributed by atoms with E-state index in [1.165, 1.54) is 0 Å². The van der Waals surface area contributed by atoms with Crippen LogP contribution < -0.4 is 0 Å². The topological polar surface area (TPSA) is 35.5 Å². The largest absolute Gasteiger partial charge is 0.460 e. The first-order chi connectivity index (χ1) is 6.72. The summed E-state index contributed by atoms with van der Waals surface area (Å²) < 4.78 is 33.1. The van der Waals surface area contributed by atoms with Crippen LogP contribution in [0.3, 0.4) is 0 Å². The van der Waals surface area contributed by atoms with Crippen molar-refractivity contribution in [1.82, 2.24) is 0 Å². The molecular weight excluding hydrogens is 206 g/mol. The van der Waals surface area contributed by atoms with Crippen LogP contribution in [-0.2, 0) is 14.3 Å².